The number of nitrogens with zero attached hydrogens (tertiary/aromatic N) is 2. The molecule has 0 aliphatic carbocycles. The zero-order valence-electron chi connectivity index (χ0n) is 35.2. The van der Waals surface area contributed by atoms with Gasteiger partial charge in [0.25, 0.3) is 0 Å². The average molecular weight is 827 g/mol. The first-order valence-corrected chi connectivity index (χ1v) is 22.1. The zero-order chi connectivity index (χ0) is 42.8. The number of pyridine rings is 2. The Kier molecular flexibility index (Phi) is 8.53. The summed E-state index contributed by atoms with van der Waals surface area (Å²) in [6.45, 7) is 0. The van der Waals surface area contributed by atoms with Crippen molar-refractivity contribution < 1.29 is 4.42 Å². The molecule has 3 heteroatoms. The summed E-state index contributed by atoms with van der Waals surface area (Å²) in [5.41, 5.74) is 15.6. The Bertz CT molecular complexity index is 3810. The van der Waals surface area contributed by atoms with Crippen LogP contribution in [0, 0.1) is 0 Å². The first-order valence-electron chi connectivity index (χ1n) is 22.1. The fourth-order valence-corrected chi connectivity index (χ4v) is 10.4. The molecule has 10 aromatic carbocycles. The van der Waals surface area contributed by atoms with Gasteiger partial charge in [0.2, 0.25) is 0 Å². The van der Waals surface area contributed by atoms with Crippen molar-refractivity contribution >= 4 is 65.0 Å². The van der Waals surface area contributed by atoms with Crippen LogP contribution < -0.4 is 0 Å². The molecule has 0 aliphatic heterocycles. The van der Waals surface area contributed by atoms with Crippen molar-refractivity contribution in [3.05, 3.63) is 231 Å². The largest absolute Gasteiger partial charge is 0.456 e. The number of aromatic nitrogens is 2. The van der Waals surface area contributed by atoms with Gasteiger partial charge in [-0.05, 0) is 147 Å². The Morgan fingerprint density at radius 2 is 0.708 bits per heavy atom. The quantitative estimate of drug-likeness (QED) is 0.157. The summed E-state index contributed by atoms with van der Waals surface area (Å²) in [4.78, 5) is 8.99. The SMILES string of the molecule is c1ccc(-c2c3ccccc3c(-c3ccc4oc5cccc(-c6c7ccccc7c(-c7cc(-c8cccnc8)cc(-c8cccnc8)c7)c7ccccc67)c5c4c3)c3ccccc23)cc1. The number of rotatable bonds is 6. The van der Waals surface area contributed by atoms with Gasteiger partial charge in [-0.25, -0.2) is 0 Å². The minimum atomic E-state index is 0.867. The molecule has 0 bridgehead atoms. The van der Waals surface area contributed by atoms with Gasteiger partial charge in [0.15, 0.2) is 0 Å². The highest BCUT2D eigenvalue weighted by Gasteiger charge is 2.23. The molecule has 302 valence electrons. The monoisotopic (exact) mass is 826 g/mol. The van der Waals surface area contributed by atoms with Crippen molar-refractivity contribution in [1.29, 1.82) is 0 Å². The van der Waals surface area contributed by atoms with Gasteiger partial charge in [0.1, 0.15) is 11.2 Å². The molecule has 13 aromatic rings. The third kappa shape index (κ3) is 5.97. The molecule has 0 radical (unpaired) electrons. The standard InChI is InChI=1S/C62H38N2O/c1-2-15-39(16-3-1)58-46-19-4-6-21-48(46)59(49-22-7-5-20-47(49)58)40-29-30-56-55(36-40)62-54(27-12-28-57(62)65-56)61-52-25-10-8-23-50(52)60(51-24-9-11-26-53(51)61)45-34-43(41-17-13-31-63-37-41)33-44(35-45)42-18-14-32-64-38-42/h1-38H. The van der Waals surface area contributed by atoms with Crippen LogP contribution in [0.4, 0.5) is 0 Å². The van der Waals surface area contributed by atoms with Crippen LogP contribution in [0.1, 0.15) is 0 Å². The van der Waals surface area contributed by atoms with Gasteiger partial charge in [-0.3, -0.25) is 9.97 Å². The van der Waals surface area contributed by atoms with Gasteiger partial charge >= 0.3 is 0 Å². The summed E-state index contributed by atoms with van der Waals surface area (Å²) in [6.07, 6.45) is 7.54. The third-order valence-corrected chi connectivity index (χ3v) is 13.2. The number of hydrogen-bond donors (Lipinski definition) is 0. The molecule has 65 heavy (non-hydrogen) atoms. The molecular weight excluding hydrogens is 789 g/mol. The van der Waals surface area contributed by atoms with Gasteiger partial charge in [-0.15, -0.1) is 0 Å². The van der Waals surface area contributed by atoms with Crippen LogP contribution in [0.3, 0.4) is 0 Å². The first kappa shape index (κ1) is 36.9. The Morgan fingerprint density at radius 3 is 1.22 bits per heavy atom. The van der Waals surface area contributed by atoms with Crippen LogP contribution in [0.15, 0.2) is 235 Å². The van der Waals surface area contributed by atoms with E-state index in [-0.39, 0.29) is 0 Å². The van der Waals surface area contributed by atoms with Crippen LogP contribution in [-0.2, 0) is 0 Å². The van der Waals surface area contributed by atoms with Crippen molar-refractivity contribution in [3.8, 4) is 66.8 Å². The smallest absolute Gasteiger partial charge is 0.136 e. The van der Waals surface area contributed by atoms with E-state index in [4.69, 9.17) is 4.42 Å². The van der Waals surface area contributed by atoms with Crippen LogP contribution in [0.2, 0.25) is 0 Å². The van der Waals surface area contributed by atoms with Crippen LogP contribution in [0.25, 0.3) is 132 Å². The summed E-state index contributed by atoms with van der Waals surface area (Å²) in [6, 6.07) is 74.7. The molecule has 0 aliphatic rings. The fourth-order valence-electron chi connectivity index (χ4n) is 10.4. The maximum absolute atomic E-state index is 6.77. The molecule has 0 spiro atoms. The first-order chi connectivity index (χ1) is 32.3. The van der Waals surface area contributed by atoms with Crippen molar-refractivity contribution in [1.82, 2.24) is 9.97 Å². The molecule has 0 saturated heterocycles. The second-order valence-electron chi connectivity index (χ2n) is 16.8. The van der Waals surface area contributed by atoms with Crippen molar-refractivity contribution in [2.45, 2.75) is 0 Å². The Morgan fingerprint density at radius 1 is 0.262 bits per heavy atom. The normalized spacial score (nSPS) is 11.7. The molecule has 3 heterocycles. The predicted octanol–water partition coefficient (Wildman–Crippen LogP) is 17.0. The van der Waals surface area contributed by atoms with E-state index in [0.29, 0.717) is 0 Å². The van der Waals surface area contributed by atoms with Gasteiger partial charge < -0.3 is 4.42 Å². The molecule has 0 N–H and O–H groups in total. The van der Waals surface area contributed by atoms with E-state index in [9.17, 15) is 0 Å². The van der Waals surface area contributed by atoms with E-state index >= 15 is 0 Å². The lowest BCUT2D eigenvalue weighted by Gasteiger charge is -2.19. The minimum absolute atomic E-state index is 0.867. The second-order valence-corrected chi connectivity index (χ2v) is 16.8. The highest BCUT2D eigenvalue weighted by Crippen LogP contribution is 2.49. The Balaban J connectivity index is 1.07. The Hall–Kier alpha value is -8.66. The van der Waals surface area contributed by atoms with Gasteiger partial charge in [0.05, 0.1) is 0 Å². The summed E-state index contributed by atoms with van der Waals surface area (Å²) < 4.78 is 6.77. The van der Waals surface area contributed by atoms with Crippen molar-refractivity contribution in [2.24, 2.45) is 0 Å². The molecule has 3 nitrogen and oxygen atoms in total. The van der Waals surface area contributed by atoms with Gasteiger partial charge in [-0.1, -0.05) is 158 Å². The predicted molar refractivity (Wildman–Crippen MR) is 272 cm³/mol. The van der Waals surface area contributed by atoms with E-state index in [1.54, 1.807) is 0 Å². The van der Waals surface area contributed by atoms with E-state index in [1.165, 1.54) is 70.9 Å². The highest BCUT2D eigenvalue weighted by molar-refractivity contribution is 6.27. The maximum Gasteiger partial charge on any atom is 0.136 e. The summed E-state index contributed by atoms with van der Waals surface area (Å²) in [7, 11) is 0. The summed E-state index contributed by atoms with van der Waals surface area (Å²) in [5.74, 6) is 0. The second kappa shape index (κ2) is 15.0. The summed E-state index contributed by atoms with van der Waals surface area (Å²) in [5, 5.41) is 11.9. The molecule has 13 rings (SSSR count). The van der Waals surface area contributed by atoms with Crippen molar-refractivity contribution in [3.63, 3.8) is 0 Å². The molecule has 3 aromatic heterocycles. The van der Waals surface area contributed by atoms with E-state index in [2.05, 4.69) is 204 Å². The van der Waals surface area contributed by atoms with Crippen LogP contribution in [-0.4, -0.2) is 9.97 Å². The Labute approximate surface area is 375 Å². The van der Waals surface area contributed by atoms with E-state index in [0.717, 1.165) is 60.9 Å². The highest BCUT2D eigenvalue weighted by atomic mass is 16.3. The van der Waals surface area contributed by atoms with Gasteiger partial charge in [0, 0.05) is 46.7 Å². The maximum atomic E-state index is 6.77. The molecule has 0 fully saturated rings. The molecule has 0 amide bonds. The van der Waals surface area contributed by atoms with Crippen LogP contribution in [0.5, 0.6) is 0 Å². The molecule has 0 unspecified atom stereocenters. The molecule has 0 atom stereocenters. The van der Waals surface area contributed by atoms with E-state index in [1.807, 2.05) is 36.9 Å². The molecule has 0 saturated carbocycles. The van der Waals surface area contributed by atoms with E-state index < -0.39 is 0 Å². The third-order valence-electron chi connectivity index (χ3n) is 13.2. The zero-order valence-corrected chi connectivity index (χ0v) is 35.2. The fraction of sp³-hybridized carbons (Fsp3) is 0. The topological polar surface area (TPSA) is 38.9 Å². The molecular formula is C62H38N2O. The lowest BCUT2D eigenvalue weighted by Crippen LogP contribution is -1.93. The van der Waals surface area contributed by atoms with Crippen molar-refractivity contribution in [2.75, 3.05) is 0 Å². The van der Waals surface area contributed by atoms with Gasteiger partial charge in [-0.2, -0.15) is 0 Å². The number of hydrogen-bond acceptors (Lipinski definition) is 3. The number of benzene rings is 10. The minimum Gasteiger partial charge on any atom is -0.456 e. The number of furan rings is 1. The lowest BCUT2D eigenvalue weighted by atomic mass is 9.83. The number of fused-ring (bicyclic) bond motifs is 7. The summed E-state index contributed by atoms with van der Waals surface area (Å²) >= 11 is 0. The average Bonchev–Trinajstić information content (AvgIpc) is 3.76. The lowest BCUT2D eigenvalue weighted by molar-refractivity contribution is 0.669. The van der Waals surface area contributed by atoms with Crippen LogP contribution >= 0.6 is 0 Å².